The number of carbonyl (C=O) groups is 1. The molecule has 0 aliphatic carbocycles. The van der Waals surface area contributed by atoms with Gasteiger partial charge in [0.15, 0.2) is 0 Å². The van der Waals surface area contributed by atoms with Gasteiger partial charge in [0.2, 0.25) is 11.8 Å². The van der Waals surface area contributed by atoms with Crippen molar-refractivity contribution in [3.05, 3.63) is 120 Å². The largest absolute Gasteiger partial charge is 0.489 e. The Balaban J connectivity index is 1.32. The van der Waals surface area contributed by atoms with Gasteiger partial charge in [-0.25, -0.2) is 15.0 Å². The Bertz CT molecular complexity index is 1590. The van der Waals surface area contributed by atoms with Gasteiger partial charge in [0, 0.05) is 36.8 Å². The quantitative estimate of drug-likeness (QED) is 0.230. The molecular formula is C31H27N5O3. The molecular weight excluding hydrogens is 490 g/mol. The standard InChI is InChI=1S/C31H27N5O3/c1-21-13-14-23(29(37)35-24-10-6-11-25(19-24)38-20-22-8-4-3-5-9-22)18-28(21)39-30-26(12-7-16-33-30)27-15-17-34-31(32-2)36-27/h3-19H,20H2,1-2H3,(H,35,37)(H,32,34,36). The molecule has 0 atom stereocenters. The average Bonchev–Trinajstić information content (AvgIpc) is 2.98. The highest BCUT2D eigenvalue weighted by Crippen LogP contribution is 2.32. The lowest BCUT2D eigenvalue weighted by molar-refractivity contribution is 0.102. The number of hydrogen-bond acceptors (Lipinski definition) is 7. The Morgan fingerprint density at radius 2 is 1.74 bits per heavy atom. The third-order valence-corrected chi connectivity index (χ3v) is 5.92. The monoisotopic (exact) mass is 517 g/mol. The summed E-state index contributed by atoms with van der Waals surface area (Å²) < 4.78 is 12.1. The van der Waals surface area contributed by atoms with Gasteiger partial charge in [-0.05, 0) is 60.5 Å². The van der Waals surface area contributed by atoms with Crippen LogP contribution < -0.4 is 20.1 Å². The van der Waals surface area contributed by atoms with E-state index in [9.17, 15) is 4.79 Å². The fourth-order valence-electron chi connectivity index (χ4n) is 3.86. The highest BCUT2D eigenvalue weighted by atomic mass is 16.5. The number of anilines is 2. The normalized spacial score (nSPS) is 10.5. The van der Waals surface area contributed by atoms with Gasteiger partial charge in [-0.2, -0.15) is 0 Å². The number of aryl methyl sites for hydroxylation is 1. The van der Waals surface area contributed by atoms with E-state index in [1.165, 1.54) is 0 Å². The van der Waals surface area contributed by atoms with E-state index >= 15 is 0 Å². The summed E-state index contributed by atoms with van der Waals surface area (Å²) in [6, 6.07) is 28.0. The summed E-state index contributed by atoms with van der Waals surface area (Å²) in [5.74, 6) is 1.79. The van der Waals surface area contributed by atoms with Gasteiger partial charge in [0.05, 0.1) is 11.3 Å². The zero-order chi connectivity index (χ0) is 27.0. The van der Waals surface area contributed by atoms with Crippen molar-refractivity contribution >= 4 is 17.5 Å². The number of ether oxygens (including phenoxy) is 2. The van der Waals surface area contributed by atoms with Crippen LogP contribution in [0.25, 0.3) is 11.3 Å². The molecule has 5 aromatic rings. The lowest BCUT2D eigenvalue weighted by Gasteiger charge is -2.13. The molecule has 39 heavy (non-hydrogen) atoms. The zero-order valence-corrected chi connectivity index (χ0v) is 21.6. The van der Waals surface area contributed by atoms with E-state index in [1.807, 2.05) is 73.7 Å². The Labute approximate surface area is 226 Å². The minimum absolute atomic E-state index is 0.268. The first-order valence-corrected chi connectivity index (χ1v) is 12.4. The predicted molar refractivity (Wildman–Crippen MR) is 151 cm³/mol. The van der Waals surface area contributed by atoms with Crippen LogP contribution in [0.1, 0.15) is 21.5 Å². The predicted octanol–water partition coefficient (Wildman–Crippen LogP) is 6.51. The number of pyridine rings is 1. The van der Waals surface area contributed by atoms with Crippen LogP contribution in [0.5, 0.6) is 17.4 Å². The highest BCUT2D eigenvalue weighted by Gasteiger charge is 2.15. The topological polar surface area (TPSA) is 98.3 Å². The number of amides is 1. The molecule has 8 heteroatoms. The third-order valence-electron chi connectivity index (χ3n) is 5.92. The van der Waals surface area contributed by atoms with Crippen molar-refractivity contribution < 1.29 is 14.3 Å². The van der Waals surface area contributed by atoms with Crippen molar-refractivity contribution in [2.75, 3.05) is 17.7 Å². The maximum Gasteiger partial charge on any atom is 0.255 e. The van der Waals surface area contributed by atoms with Gasteiger partial charge in [-0.15, -0.1) is 0 Å². The van der Waals surface area contributed by atoms with E-state index in [0.717, 1.165) is 11.1 Å². The molecule has 0 fully saturated rings. The smallest absolute Gasteiger partial charge is 0.255 e. The molecule has 5 rings (SSSR count). The van der Waals surface area contributed by atoms with E-state index in [1.54, 1.807) is 43.7 Å². The Morgan fingerprint density at radius 1 is 0.872 bits per heavy atom. The van der Waals surface area contributed by atoms with Gasteiger partial charge in [-0.1, -0.05) is 42.5 Å². The molecule has 3 aromatic carbocycles. The molecule has 1 amide bonds. The fraction of sp³-hybridized carbons (Fsp3) is 0.0968. The van der Waals surface area contributed by atoms with Gasteiger partial charge in [-0.3, -0.25) is 4.79 Å². The molecule has 0 aliphatic rings. The maximum atomic E-state index is 13.1. The van der Waals surface area contributed by atoms with Gasteiger partial charge in [0.1, 0.15) is 18.1 Å². The summed E-state index contributed by atoms with van der Waals surface area (Å²) in [4.78, 5) is 26.2. The van der Waals surface area contributed by atoms with E-state index < -0.39 is 0 Å². The van der Waals surface area contributed by atoms with Crippen molar-refractivity contribution in [3.63, 3.8) is 0 Å². The second-order valence-corrected chi connectivity index (χ2v) is 8.71. The van der Waals surface area contributed by atoms with Crippen LogP contribution in [0.2, 0.25) is 0 Å². The molecule has 0 spiro atoms. The Morgan fingerprint density at radius 3 is 2.59 bits per heavy atom. The van der Waals surface area contributed by atoms with Gasteiger partial charge < -0.3 is 20.1 Å². The van der Waals surface area contributed by atoms with Gasteiger partial charge in [0.25, 0.3) is 5.91 Å². The summed E-state index contributed by atoms with van der Waals surface area (Å²) in [5.41, 5.74) is 4.37. The molecule has 2 heterocycles. The van der Waals surface area contributed by atoms with Crippen LogP contribution in [0.4, 0.5) is 11.6 Å². The molecule has 0 bridgehead atoms. The Kier molecular flexibility index (Phi) is 7.73. The molecule has 2 aromatic heterocycles. The maximum absolute atomic E-state index is 13.1. The van der Waals surface area contributed by atoms with E-state index in [4.69, 9.17) is 9.47 Å². The van der Waals surface area contributed by atoms with Crippen molar-refractivity contribution in [2.24, 2.45) is 0 Å². The van der Waals surface area contributed by atoms with Crippen molar-refractivity contribution in [1.82, 2.24) is 15.0 Å². The SMILES string of the molecule is CNc1nccc(-c2cccnc2Oc2cc(C(=O)Nc3cccc(OCc4ccccc4)c3)ccc2C)n1. The first-order chi connectivity index (χ1) is 19.1. The Hall–Kier alpha value is -5.24. The molecule has 194 valence electrons. The summed E-state index contributed by atoms with van der Waals surface area (Å²) in [6.45, 7) is 2.36. The van der Waals surface area contributed by atoms with Crippen LogP contribution in [-0.4, -0.2) is 27.9 Å². The second kappa shape index (κ2) is 11.9. The average molecular weight is 518 g/mol. The molecule has 0 aliphatic heterocycles. The van der Waals surface area contributed by atoms with Crippen LogP contribution in [0.15, 0.2) is 103 Å². The highest BCUT2D eigenvalue weighted by molar-refractivity contribution is 6.04. The molecule has 0 saturated heterocycles. The number of rotatable bonds is 9. The van der Waals surface area contributed by atoms with Crippen molar-refractivity contribution in [3.8, 4) is 28.6 Å². The van der Waals surface area contributed by atoms with Crippen LogP contribution >= 0.6 is 0 Å². The summed E-state index contributed by atoms with van der Waals surface area (Å²) in [7, 11) is 1.76. The number of nitrogens with zero attached hydrogens (tertiary/aromatic N) is 3. The fourth-order valence-corrected chi connectivity index (χ4v) is 3.86. The first kappa shape index (κ1) is 25.4. The number of carbonyl (C=O) groups excluding carboxylic acids is 1. The molecule has 0 saturated carbocycles. The number of nitrogens with one attached hydrogen (secondary N) is 2. The number of aromatic nitrogens is 3. The number of hydrogen-bond donors (Lipinski definition) is 2. The minimum atomic E-state index is -0.268. The first-order valence-electron chi connectivity index (χ1n) is 12.4. The second-order valence-electron chi connectivity index (χ2n) is 8.71. The third kappa shape index (κ3) is 6.37. The summed E-state index contributed by atoms with van der Waals surface area (Å²) in [6.07, 6.45) is 3.32. The summed E-state index contributed by atoms with van der Waals surface area (Å²) >= 11 is 0. The number of benzene rings is 3. The zero-order valence-electron chi connectivity index (χ0n) is 21.6. The lowest BCUT2D eigenvalue weighted by atomic mass is 10.1. The summed E-state index contributed by atoms with van der Waals surface area (Å²) in [5, 5.41) is 5.88. The van der Waals surface area contributed by atoms with E-state index in [2.05, 4.69) is 25.6 Å². The molecule has 8 nitrogen and oxygen atoms in total. The van der Waals surface area contributed by atoms with Crippen molar-refractivity contribution in [1.29, 1.82) is 0 Å². The van der Waals surface area contributed by atoms with E-state index in [-0.39, 0.29) is 5.91 Å². The van der Waals surface area contributed by atoms with E-state index in [0.29, 0.717) is 52.4 Å². The van der Waals surface area contributed by atoms with Gasteiger partial charge >= 0.3 is 0 Å². The minimum Gasteiger partial charge on any atom is -0.489 e. The molecule has 2 N–H and O–H groups in total. The molecule has 0 radical (unpaired) electrons. The molecule has 0 unspecified atom stereocenters. The van der Waals surface area contributed by atoms with Crippen LogP contribution in [0, 0.1) is 6.92 Å². The van der Waals surface area contributed by atoms with Crippen LogP contribution in [0.3, 0.4) is 0 Å². The van der Waals surface area contributed by atoms with Crippen LogP contribution in [-0.2, 0) is 6.61 Å². The lowest BCUT2D eigenvalue weighted by Crippen LogP contribution is -2.12. The van der Waals surface area contributed by atoms with Crippen molar-refractivity contribution in [2.45, 2.75) is 13.5 Å².